The number of aromatic nitrogens is 1. The Hall–Kier alpha value is -3.72. The van der Waals surface area contributed by atoms with Crippen molar-refractivity contribution in [1.82, 2.24) is 14.8 Å². The Morgan fingerprint density at radius 3 is 2.26 bits per heavy atom. The molecular formula is C22H22FN3O5. The highest BCUT2D eigenvalue weighted by Gasteiger charge is 2.22. The van der Waals surface area contributed by atoms with E-state index in [1.807, 2.05) is 6.07 Å². The number of H-pyrrole nitrogens is 1. The summed E-state index contributed by atoms with van der Waals surface area (Å²) in [4.78, 5) is 38.1. The van der Waals surface area contributed by atoms with Crippen LogP contribution in [0.1, 0.15) is 15.9 Å². The Kier molecular flexibility index (Phi) is 6.99. The summed E-state index contributed by atoms with van der Waals surface area (Å²) in [5.74, 6) is -4.11. The fraction of sp³-hybridized carbons (Fsp3) is 0.227. The van der Waals surface area contributed by atoms with Gasteiger partial charge < -0.3 is 20.1 Å². The van der Waals surface area contributed by atoms with Crippen molar-refractivity contribution in [3.63, 3.8) is 0 Å². The van der Waals surface area contributed by atoms with E-state index in [0.29, 0.717) is 18.7 Å². The number of amides is 1. The number of piperazine rings is 1. The number of carboxylic acid groups (broad SMARTS) is 2. The molecule has 1 aromatic heterocycles. The van der Waals surface area contributed by atoms with E-state index in [1.54, 1.807) is 17.0 Å². The first kappa shape index (κ1) is 22.0. The van der Waals surface area contributed by atoms with Crippen LogP contribution in [0.25, 0.3) is 10.9 Å². The minimum absolute atomic E-state index is 0.0914. The first-order valence-electron chi connectivity index (χ1n) is 9.63. The van der Waals surface area contributed by atoms with E-state index in [0.717, 1.165) is 25.2 Å². The lowest BCUT2D eigenvalue weighted by atomic mass is 10.1. The summed E-state index contributed by atoms with van der Waals surface area (Å²) in [6.45, 7) is 3.84. The molecule has 31 heavy (non-hydrogen) atoms. The zero-order valence-corrected chi connectivity index (χ0v) is 16.6. The van der Waals surface area contributed by atoms with Crippen molar-refractivity contribution in [2.45, 2.75) is 6.54 Å². The summed E-state index contributed by atoms with van der Waals surface area (Å²) >= 11 is 0. The van der Waals surface area contributed by atoms with E-state index in [-0.39, 0.29) is 11.7 Å². The molecule has 3 N–H and O–H groups in total. The quantitative estimate of drug-likeness (QED) is 0.553. The minimum atomic E-state index is -1.82. The van der Waals surface area contributed by atoms with Gasteiger partial charge in [-0.25, -0.2) is 14.0 Å². The van der Waals surface area contributed by atoms with Gasteiger partial charge in [0.05, 0.1) is 0 Å². The van der Waals surface area contributed by atoms with E-state index in [9.17, 15) is 9.18 Å². The monoisotopic (exact) mass is 427 g/mol. The first-order valence-corrected chi connectivity index (χ1v) is 9.63. The third kappa shape index (κ3) is 5.67. The van der Waals surface area contributed by atoms with Crippen LogP contribution in [0.3, 0.4) is 0 Å². The molecule has 1 amide bonds. The third-order valence-electron chi connectivity index (χ3n) is 4.98. The molecule has 0 unspecified atom stereocenters. The molecule has 2 aromatic carbocycles. The highest BCUT2D eigenvalue weighted by Crippen LogP contribution is 2.20. The second-order valence-corrected chi connectivity index (χ2v) is 7.05. The first-order chi connectivity index (χ1) is 14.8. The number of fused-ring (bicyclic) bond motifs is 1. The van der Waals surface area contributed by atoms with Crippen molar-refractivity contribution >= 4 is 28.7 Å². The van der Waals surface area contributed by atoms with Gasteiger partial charge in [-0.1, -0.05) is 24.3 Å². The molecule has 0 saturated carbocycles. The number of benzene rings is 2. The molecule has 9 heteroatoms. The van der Waals surface area contributed by atoms with E-state index < -0.39 is 11.9 Å². The maximum Gasteiger partial charge on any atom is 0.414 e. The molecular weight excluding hydrogens is 405 g/mol. The number of halogens is 1. The summed E-state index contributed by atoms with van der Waals surface area (Å²) in [5.41, 5.74) is 2.85. The van der Waals surface area contributed by atoms with Gasteiger partial charge in [0, 0.05) is 55.4 Å². The van der Waals surface area contributed by atoms with Gasteiger partial charge >= 0.3 is 11.9 Å². The number of carboxylic acids is 2. The summed E-state index contributed by atoms with van der Waals surface area (Å²) < 4.78 is 13.3. The number of hydrogen-bond acceptors (Lipinski definition) is 4. The standard InChI is InChI=1S/C20H20FN3O.C2H2O4/c21-17-5-3-4-15(12-17)20(25)24-10-8-23(9-11-24)14-16-13-22-19-7-2-1-6-18(16)19;3-1(4)2(5)6/h1-7,12-13,22H,8-11,14H2;(H,3,4)(H,5,6). The lowest BCUT2D eigenvalue weighted by molar-refractivity contribution is -0.159. The summed E-state index contributed by atoms with van der Waals surface area (Å²) in [6.07, 6.45) is 2.06. The summed E-state index contributed by atoms with van der Waals surface area (Å²) in [5, 5.41) is 16.0. The normalized spacial score (nSPS) is 14.0. The molecule has 2 heterocycles. The molecule has 0 bridgehead atoms. The predicted molar refractivity (Wildman–Crippen MR) is 111 cm³/mol. The molecule has 1 aliphatic rings. The SMILES string of the molecule is O=C(O)C(=O)O.O=C(c1cccc(F)c1)N1CCN(Cc2c[nH]c3ccccc23)CC1. The number of aromatic amines is 1. The zero-order valence-electron chi connectivity index (χ0n) is 16.6. The highest BCUT2D eigenvalue weighted by atomic mass is 19.1. The van der Waals surface area contributed by atoms with E-state index >= 15 is 0 Å². The van der Waals surface area contributed by atoms with Crippen molar-refractivity contribution in [2.24, 2.45) is 0 Å². The number of para-hydroxylation sites is 1. The number of rotatable bonds is 3. The Morgan fingerprint density at radius 1 is 0.935 bits per heavy atom. The van der Waals surface area contributed by atoms with Crippen LogP contribution in [0.4, 0.5) is 4.39 Å². The second kappa shape index (κ2) is 9.86. The molecule has 0 atom stereocenters. The highest BCUT2D eigenvalue weighted by molar-refractivity contribution is 6.27. The van der Waals surface area contributed by atoms with Crippen LogP contribution in [-0.2, 0) is 16.1 Å². The van der Waals surface area contributed by atoms with Gasteiger partial charge in [0.2, 0.25) is 0 Å². The number of nitrogens with zero attached hydrogens (tertiary/aromatic N) is 2. The van der Waals surface area contributed by atoms with Crippen LogP contribution < -0.4 is 0 Å². The zero-order chi connectivity index (χ0) is 22.4. The molecule has 3 aromatic rings. The molecule has 0 radical (unpaired) electrons. The number of carbonyl (C=O) groups excluding carboxylic acids is 1. The van der Waals surface area contributed by atoms with Gasteiger partial charge in [-0.05, 0) is 29.8 Å². The van der Waals surface area contributed by atoms with E-state index in [2.05, 4.69) is 34.3 Å². The topological polar surface area (TPSA) is 114 Å². The Balaban J connectivity index is 0.000000401. The van der Waals surface area contributed by atoms with E-state index in [4.69, 9.17) is 19.8 Å². The fourth-order valence-electron chi connectivity index (χ4n) is 3.42. The largest absolute Gasteiger partial charge is 0.473 e. The van der Waals surface area contributed by atoms with Crippen LogP contribution >= 0.6 is 0 Å². The molecule has 1 saturated heterocycles. The number of nitrogens with one attached hydrogen (secondary N) is 1. The molecule has 4 rings (SSSR count). The number of aliphatic carboxylic acids is 2. The third-order valence-corrected chi connectivity index (χ3v) is 4.98. The predicted octanol–water partition coefficient (Wildman–Crippen LogP) is 2.42. The molecule has 8 nitrogen and oxygen atoms in total. The lowest BCUT2D eigenvalue weighted by Crippen LogP contribution is -2.48. The molecule has 162 valence electrons. The van der Waals surface area contributed by atoms with Crippen molar-refractivity contribution < 1.29 is 29.0 Å². The van der Waals surface area contributed by atoms with E-state index in [1.165, 1.54) is 23.1 Å². The van der Waals surface area contributed by atoms with Gasteiger partial charge in [-0.3, -0.25) is 9.69 Å². The average molecular weight is 427 g/mol. The van der Waals surface area contributed by atoms with Gasteiger partial charge in [-0.15, -0.1) is 0 Å². The van der Waals surface area contributed by atoms with Gasteiger partial charge in [0.15, 0.2) is 0 Å². The number of carbonyl (C=O) groups is 3. The summed E-state index contributed by atoms with van der Waals surface area (Å²) in [6, 6.07) is 14.2. The fourth-order valence-corrected chi connectivity index (χ4v) is 3.42. The molecule has 0 aliphatic carbocycles. The van der Waals surface area contributed by atoms with Crippen molar-refractivity contribution in [3.8, 4) is 0 Å². The van der Waals surface area contributed by atoms with Gasteiger partial charge in [0.1, 0.15) is 5.82 Å². The lowest BCUT2D eigenvalue weighted by Gasteiger charge is -2.34. The number of hydrogen-bond donors (Lipinski definition) is 3. The maximum absolute atomic E-state index is 13.3. The van der Waals surface area contributed by atoms with Crippen LogP contribution in [0.2, 0.25) is 0 Å². The Bertz CT molecular complexity index is 1080. The summed E-state index contributed by atoms with van der Waals surface area (Å²) in [7, 11) is 0. The maximum atomic E-state index is 13.3. The average Bonchev–Trinajstić information content (AvgIpc) is 3.17. The van der Waals surface area contributed by atoms with Crippen molar-refractivity contribution in [1.29, 1.82) is 0 Å². The minimum Gasteiger partial charge on any atom is -0.473 e. The Morgan fingerprint density at radius 2 is 1.61 bits per heavy atom. The molecule has 0 spiro atoms. The van der Waals surface area contributed by atoms with Gasteiger partial charge in [-0.2, -0.15) is 0 Å². The van der Waals surface area contributed by atoms with Crippen LogP contribution in [0.5, 0.6) is 0 Å². The van der Waals surface area contributed by atoms with Crippen LogP contribution in [0.15, 0.2) is 54.7 Å². The van der Waals surface area contributed by atoms with Crippen LogP contribution in [-0.4, -0.2) is 69.0 Å². The molecule has 1 aliphatic heterocycles. The smallest absolute Gasteiger partial charge is 0.414 e. The molecule has 1 fully saturated rings. The van der Waals surface area contributed by atoms with Crippen molar-refractivity contribution in [3.05, 3.63) is 71.7 Å². The van der Waals surface area contributed by atoms with Crippen LogP contribution in [0, 0.1) is 5.82 Å². The Labute approximate surface area is 177 Å². The van der Waals surface area contributed by atoms with Gasteiger partial charge in [0.25, 0.3) is 5.91 Å². The second-order valence-electron chi connectivity index (χ2n) is 7.05. The van der Waals surface area contributed by atoms with Crippen molar-refractivity contribution in [2.75, 3.05) is 26.2 Å².